The quantitative estimate of drug-likeness (QED) is 0.767. The number of allylic oxidation sites excluding steroid dienone is 2. The fourth-order valence-corrected chi connectivity index (χ4v) is 4.25. The Morgan fingerprint density at radius 1 is 1.45 bits per heavy atom. The van der Waals surface area contributed by atoms with Crippen molar-refractivity contribution in [1.82, 2.24) is 4.90 Å². The summed E-state index contributed by atoms with van der Waals surface area (Å²) in [6, 6.07) is 10.2. The zero-order valence-corrected chi connectivity index (χ0v) is 17.4. The van der Waals surface area contributed by atoms with Crippen LogP contribution in [0.4, 0.5) is 0 Å². The van der Waals surface area contributed by atoms with E-state index in [1.165, 1.54) is 12.8 Å². The molecule has 0 aliphatic carbocycles. The molecular formula is C23H29N3O3. The van der Waals surface area contributed by atoms with Gasteiger partial charge < -0.3 is 15.2 Å². The van der Waals surface area contributed by atoms with E-state index < -0.39 is 11.9 Å². The first kappa shape index (κ1) is 20.9. The molecule has 2 aliphatic heterocycles. The highest BCUT2D eigenvalue weighted by molar-refractivity contribution is 5.92. The normalized spacial score (nSPS) is 22.8. The molecule has 0 radical (unpaired) electrons. The minimum absolute atomic E-state index is 0.0401. The number of rotatable bonds is 5. The van der Waals surface area contributed by atoms with E-state index in [4.69, 9.17) is 15.2 Å². The summed E-state index contributed by atoms with van der Waals surface area (Å²) in [5.41, 5.74) is 8.56. The predicted octanol–water partition coefficient (Wildman–Crippen LogP) is 3.56. The number of hydrogen-bond donors (Lipinski definition) is 1. The van der Waals surface area contributed by atoms with Crippen molar-refractivity contribution in [3.05, 3.63) is 58.2 Å². The standard InChI is InChI=1S/C23H29N3O3/c1-4-28-23(27)20-16(3)29-22(25)19(12-24)21(20)18-9-5-8-17(11-18)14-26-10-6-7-15(2)13-26/h5,8-9,11,15,21H,4,6-7,10,13-14,25H2,1-3H3. The largest absolute Gasteiger partial charge is 0.463 e. The van der Waals surface area contributed by atoms with Gasteiger partial charge in [-0.15, -0.1) is 0 Å². The van der Waals surface area contributed by atoms with Crippen LogP contribution in [0.5, 0.6) is 0 Å². The number of piperidine rings is 1. The Hall–Kier alpha value is -2.78. The van der Waals surface area contributed by atoms with Crippen LogP contribution in [0.15, 0.2) is 47.1 Å². The molecule has 1 aromatic rings. The van der Waals surface area contributed by atoms with E-state index in [0.29, 0.717) is 17.3 Å². The molecule has 2 unspecified atom stereocenters. The SMILES string of the molecule is CCOC(=O)C1=C(C)OC(N)=C(C#N)C1c1cccc(CN2CCCC(C)C2)c1. The van der Waals surface area contributed by atoms with Crippen LogP contribution in [-0.4, -0.2) is 30.6 Å². The second kappa shape index (κ2) is 9.15. The molecule has 3 rings (SSSR count). The summed E-state index contributed by atoms with van der Waals surface area (Å²) in [6.07, 6.45) is 2.49. The molecular weight excluding hydrogens is 366 g/mol. The summed E-state index contributed by atoms with van der Waals surface area (Å²) in [5.74, 6) is 0.0494. The number of carbonyl (C=O) groups is 1. The Balaban J connectivity index is 1.95. The highest BCUT2D eigenvalue weighted by atomic mass is 16.5. The molecule has 1 aromatic carbocycles. The molecule has 2 N–H and O–H groups in total. The lowest BCUT2D eigenvalue weighted by atomic mass is 9.82. The zero-order chi connectivity index (χ0) is 21.0. The molecule has 29 heavy (non-hydrogen) atoms. The first-order valence-electron chi connectivity index (χ1n) is 10.2. The first-order chi connectivity index (χ1) is 13.9. The van der Waals surface area contributed by atoms with Gasteiger partial charge in [0.15, 0.2) is 0 Å². The number of nitrogens with zero attached hydrogens (tertiary/aromatic N) is 2. The topological polar surface area (TPSA) is 88.6 Å². The third-order valence-electron chi connectivity index (χ3n) is 5.53. The molecule has 0 spiro atoms. The number of benzene rings is 1. The van der Waals surface area contributed by atoms with Gasteiger partial charge in [0, 0.05) is 13.1 Å². The van der Waals surface area contributed by atoms with Gasteiger partial charge in [0.1, 0.15) is 17.4 Å². The number of ether oxygens (including phenoxy) is 2. The van der Waals surface area contributed by atoms with Gasteiger partial charge in [0.2, 0.25) is 5.88 Å². The van der Waals surface area contributed by atoms with Gasteiger partial charge in [0.05, 0.1) is 18.1 Å². The Labute approximate surface area is 172 Å². The van der Waals surface area contributed by atoms with Crippen LogP contribution >= 0.6 is 0 Å². The molecule has 1 saturated heterocycles. The molecule has 154 valence electrons. The highest BCUT2D eigenvalue weighted by Crippen LogP contribution is 2.39. The van der Waals surface area contributed by atoms with Gasteiger partial charge in [0.25, 0.3) is 0 Å². The number of carbonyl (C=O) groups excluding carboxylic acids is 1. The van der Waals surface area contributed by atoms with Gasteiger partial charge >= 0.3 is 5.97 Å². The van der Waals surface area contributed by atoms with Crippen LogP contribution < -0.4 is 5.73 Å². The maximum absolute atomic E-state index is 12.7. The number of nitrogens with two attached hydrogens (primary N) is 1. The van der Waals surface area contributed by atoms with Gasteiger partial charge in [-0.3, -0.25) is 4.90 Å². The lowest BCUT2D eigenvalue weighted by Gasteiger charge is -2.31. The lowest BCUT2D eigenvalue weighted by molar-refractivity contribution is -0.139. The van der Waals surface area contributed by atoms with Crippen molar-refractivity contribution >= 4 is 5.97 Å². The Morgan fingerprint density at radius 3 is 2.93 bits per heavy atom. The van der Waals surface area contributed by atoms with E-state index in [0.717, 1.165) is 30.8 Å². The third kappa shape index (κ3) is 4.63. The lowest BCUT2D eigenvalue weighted by Crippen LogP contribution is -2.33. The maximum Gasteiger partial charge on any atom is 0.338 e. The van der Waals surface area contributed by atoms with Crippen LogP contribution in [-0.2, 0) is 20.8 Å². The molecule has 0 aromatic heterocycles. The highest BCUT2D eigenvalue weighted by Gasteiger charge is 2.36. The first-order valence-corrected chi connectivity index (χ1v) is 10.2. The van der Waals surface area contributed by atoms with Crippen molar-refractivity contribution in [2.45, 2.75) is 46.1 Å². The van der Waals surface area contributed by atoms with Crippen molar-refractivity contribution < 1.29 is 14.3 Å². The fraction of sp³-hybridized carbons (Fsp3) is 0.478. The number of esters is 1. The van der Waals surface area contributed by atoms with Crippen LogP contribution in [0.3, 0.4) is 0 Å². The molecule has 2 heterocycles. The van der Waals surface area contributed by atoms with E-state index in [1.54, 1.807) is 13.8 Å². The predicted molar refractivity (Wildman–Crippen MR) is 110 cm³/mol. The summed E-state index contributed by atoms with van der Waals surface area (Å²) in [4.78, 5) is 15.1. The second-order valence-electron chi connectivity index (χ2n) is 7.84. The average molecular weight is 396 g/mol. The molecule has 2 atom stereocenters. The molecule has 6 heteroatoms. The van der Waals surface area contributed by atoms with E-state index in [-0.39, 0.29) is 18.1 Å². The van der Waals surface area contributed by atoms with Gasteiger partial charge in [-0.1, -0.05) is 31.2 Å². The van der Waals surface area contributed by atoms with Gasteiger partial charge in [-0.2, -0.15) is 5.26 Å². The van der Waals surface area contributed by atoms with Crippen LogP contribution in [0.1, 0.15) is 50.7 Å². The minimum Gasteiger partial charge on any atom is -0.463 e. The third-order valence-corrected chi connectivity index (χ3v) is 5.53. The summed E-state index contributed by atoms with van der Waals surface area (Å²) < 4.78 is 10.7. The smallest absolute Gasteiger partial charge is 0.338 e. The van der Waals surface area contributed by atoms with E-state index in [1.807, 2.05) is 12.1 Å². The fourth-order valence-electron chi connectivity index (χ4n) is 4.25. The van der Waals surface area contributed by atoms with Crippen molar-refractivity contribution in [1.29, 1.82) is 5.26 Å². The average Bonchev–Trinajstić information content (AvgIpc) is 2.68. The monoisotopic (exact) mass is 395 g/mol. The Bertz CT molecular complexity index is 882. The van der Waals surface area contributed by atoms with Gasteiger partial charge in [-0.25, -0.2) is 4.79 Å². The molecule has 0 bridgehead atoms. The summed E-state index contributed by atoms with van der Waals surface area (Å²) >= 11 is 0. The second-order valence-corrected chi connectivity index (χ2v) is 7.84. The van der Waals surface area contributed by atoms with Crippen molar-refractivity contribution in [2.75, 3.05) is 19.7 Å². The molecule has 0 amide bonds. The van der Waals surface area contributed by atoms with E-state index in [9.17, 15) is 10.1 Å². The van der Waals surface area contributed by atoms with Crippen molar-refractivity contribution in [3.8, 4) is 6.07 Å². The van der Waals surface area contributed by atoms with Crippen molar-refractivity contribution in [2.24, 2.45) is 11.7 Å². The van der Waals surface area contributed by atoms with E-state index in [2.05, 4.69) is 30.0 Å². The maximum atomic E-state index is 12.7. The zero-order valence-electron chi connectivity index (χ0n) is 17.4. The van der Waals surface area contributed by atoms with Gasteiger partial charge in [-0.05, 0) is 50.3 Å². The number of hydrogen-bond acceptors (Lipinski definition) is 6. The molecule has 2 aliphatic rings. The Kier molecular flexibility index (Phi) is 6.60. The summed E-state index contributed by atoms with van der Waals surface area (Å²) in [6.45, 7) is 8.99. The minimum atomic E-state index is -0.590. The molecule has 0 saturated carbocycles. The summed E-state index contributed by atoms with van der Waals surface area (Å²) in [7, 11) is 0. The number of nitriles is 1. The van der Waals surface area contributed by atoms with Crippen LogP contribution in [0, 0.1) is 17.2 Å². The van der Waals surface area contributed by atoms with Crippen molar-refractivity contribution in [3.63, 3.8) is 0 Å². The summed E-state index contributed by atoms with van der Waals surface area (Å²) in [5, 5.41) is 9.72. The molecule has 6 nitrogen and oxygen atoms in total. The molecule has 1 fully saturated rings. The van der Waals surface area contributed by atoms with E-state index >= 15 is 0 Å². The van der Waals surface area contributed by atoms with Crippen LogP contribution in [0.25, 0.3) is 0 Å². The van der Waals surface area contributed by atoms with Crippen LogP contribution in [0.2, 0.25) is 0 Å². The number of likely N-dealkylation sites (tertiary alicyclic amines) is 1. The Morgan fingerprint density at radius 2 is 2.24 bits per heavy atom.